The highest BCUT2D eigenvalue weighted by Gasteiger charge is 2.25. The Bertz CT molecular complexity index is 363. The maximum absolute atomic E-state index is 11.7. The molecule has 4 heteroatoms. The first kappa shape index (κ1) is 20.0. The van der Waals surface area contributed by atoms with Crippen molar-refractivity contribution in [3.8, 4) is 0 Å². The number of alkyl halides is 1. The monoisotopic (exact) mass is 285 g/mol. The molecule has 0 aromatic carbocycles. The van der Waals surface area contributed by atoms with Gasteiger partial charge in [0.15, 0.2) is 6.29 Å². The molecule has 108 valence electrons. The Balaban J connectivity index is 0. The third kappa shape index (κ3) is 8.38. The maximum Gasteiger partial charge on any atom is 0.244 e. The van der Waals surface area contributed by atoms with Crippen molar-refractivity contribution in [1.29, 1.82) is 0 Å². The van der Waals surface area contributed by atoms with E-state index in [2.05, 4.69) is 11.9 Å². The van der Waals surface area contributed by atoms with Crippen LogP contribution < -0.4 is 5.32 Å². The minimum absolute atomic E-state index is 0.365. The number of halogens is 1. The Hall–Kier alpha value is -1.35. The van der Waals surface area contributed by atoms with Crippen LogP contribution >= 0.6 is 11.6 Å². The van der Waals surface area contributed by atoms with Crippen molar-refractivity contribution < 1.29 is 9.59 Å². The Morgan fingerprint density at radius 3 is 2.21 bits per heavy atom. The molecular weight excluding hydrogens is 262 g/mol. The van der Waals surface area contributed by atoms with Crippen LogP contribution in [0.15, 0.2) is 36.1 Å². The summed E-state index contributed by atoms with van der Waals surface area (Å²) < 4.78 is 0. The fourth-order valence-corrected chi connectivity index (χ4v) is 1.09. The van der Waals surface area contributed by atoms with Gasteiger partial charge in [0.2, 0.25) is 5.91 Å². The van der Waals surface area contributed by atoms with Crippen LogP contribution in [-0.4, -0.2) is 17.1 Å². The van der Waals surface area contributed by atoms with Gasteiger partial charge in [-0.3, -0.25) is 9.59 Å². The van der Waals surface area contributed by atoms with Crippen LogP contribution in [0, 0.1) is 0 Å². The number of nitrogens with one attached hydrogen (secondary N) is 1. The highest BCUT2D eigenvalue weighted by atomic mass is 35.5. The van der Waals surface area contributed by atoms with E-state index in [0.29, 0.717) is 24.0 Å². The van der Waals surface area contributed by atoms with E-state index >= 15 is 0 Å². The van der Waals surface area contributed by atoms with Gasteiger partial charge in [-0.2, -0.15) is 0 Å². The summed E-state index contributed by atoms with van der Waals surface area (Å²) in [4.78, 5) is 21.6. The van der Waals surface area contributed by atoms with E-state index < -0.39 is 4.87 Å². The number of carbonyl (C=O) groups excluding carboxylic acids is 2. The van der Waals surface area contributed by atoms with E-state index in [9.17, 15) is 9.59 Å². The van der Waals surface area contributed by atoms with Gasteiger partial charge in [-0.1, -0.05) is 39.5 Å². The highest BCUT2D eigenvalue weighted by Crippen LogP contribution is 2.15. The molecule has 0 rings (SSSR count). The van der Waals surface area contributed by atoms with Crippen molar-refractivity contribution in [2.75, 3.05) is 0 Å². The van der Waals surface area contributed by atoms with E-state index in [0.717, 1.165) is 0 Å². The molecule has 0 aromatic heterocycles. The van der Waals surface area contributed by atoms with E-state index in [-0.39, 0.29) is 5.91 Å². The van der Waals surface area contributed by atoms with Crippen LogP contribution in [0.2, 0.25) is 0 Å². The molecule has 19 heavy (non-hydrogen) atoms. The lowest BCUT2D eigenvalue weighted by molar-refractivity contribution is -0.122. The molecule has 0 fully saturated rings. The Labute approximate surface area is 121 Å². The van der Waals surface area contributed by atoms with Crippen LogP contribution in [-0.2, 0) is 9.59 Å². The first-order valence-corrected chi connectivity index (χ1v) is 6.73. The molecule has 0 saturated heterocycles. The lowest BCUT2D eigenvalue weighted by atomic mass is 10.1. The van der Waals surface area contributed by atoms with Gasteiger partial charge in [0.1, 0.15) is 4.87 Å². The Morgan fingerprint density at radius 2 is 1.89 bits per heavy atom. The van der Waals surface area contributed by atoms with Crippen LogP contribution in [0.4, 0.5) is 0 Å². The molecule has 0 radical (unpaired) electrons. The van der Waals surface area contributed by atoms with Crippen molar-refractivity contribution in [3.63, 3.8) is 0 Å². The minimum atomic E-state index is -1.03. The summed E-state index contributed by atoms with van der Waals surface area (Å²) in [5, 5.41) is 2.61. The van der Waals surface area contributed by atoms with Crippen LogP contribution in [0.3, 0.4) is 0 Å². The SMILES string of the molecule is C=C/C=C(NC(=O)C(C)(C)Cl)\C(C=O)=C/CC.CC. The number of rotatable bonds is 6. The average Bonchev–Trinajstić information content (AvgIpc) is 2.36. The summed E-state index contributed by atoms with van der Waals surface area (Å²) in [5.74, 6) is -0.365. The second-order valence-corrected chi connectivity index (χ2v) is 4.87. The van der Waals surface area contributed by atoms with Crippen molar-refractivity contribution in [3.05, 3.63) is 36.1 Å². The fraction of sp³-hybridized carbons (Fsp3) is 0.467. The van der Waals surface area contributed by atoms with Crippen molar-refractivity contribution in [1.82, 2.24) is 5.32 Å². The summed E-state index contributed by atoms with van der Waals surface area (Å²) >= 11 is 5.88. The largest absolute Gasteiger partial charge is 0.324 e. The predicted molar refractivity (Wildman–Crippen MR) is 82.1 cm³/mol. The summed E-state index contributed by atoms with van der Waals surface area (Å²) in [6.07, 6.45) is 6.19. The summed E-state index contributed by atoms with van der Waals surface area (Å²) in [6, 6.07) is 0. The van der Waals surface area contributed by atoms with E-state index in [1.165, 1.54) is 6.08 Å². The summed E-state index contributed by atoms with van der Waals surface area (Å²) in [7, 11) is 0. The number of allylic oxidation sites excluding steroid dienone is 4. The van der Waals surface area contributed by atoms with E-state index in [1.807, 2.05) is 20.8 Å². The standard InChI is InChI=1S/C13H18ClNO2.C2H6/c1-5-7-10(9-16)11(8-6-2)15-12(17)13(3,4)14;1-2/h6-9H,2,5H2,1,3-4H3,(H,15,17);1-2H3/b10-7-,11-8+;. The second kappa shape index (κ2) is 10.6. The van der Waals surface area contributed by atoms with Gasteiger partial charge in [-0.05, 0) is 26.3 Å². The maximum atomic E-state index is 11.7. The molecule has 3 nitrogen and oxygen atoms in total. The quantitative estimate of drug-likeness (QED) is 0.350. The molecular formula is C15H24ClNO2. The van der Waals surface area contributed by atoms with Gasteiger partial charge in [-0.15, -0.1) is 11.6 Å². The Kier molecular flexibility index (Phi) is 11.1. The molecule has 0 heterocycles. The third-order valence-electron chi connectivity index (χ3n) is 1.93. The molecule has 0 unspecified atom stereocenters. The molecule has 0 bridgehead atoms. The van der Waals surface area contributed by atoms with Crippen molar-refractivity contribution in [2.45, 2.75) is 45.9 Å². The summed E-state index contributed by atoms with van der Waals surface area (Å²) in [6.45, 7) is 12.6. The topological polar surface area (TPSA) is 46.2 Å². The molecule has 1 N–H and O–H groups in total. The zero-order chi connectivity index (χ0) is 15.5. The number of amides is 1. The van der Waals surface area contributed by atoms with Crippen LogP contribution in [0.25, 0.3) is 0 Å². The zero-order valence-corrected chi connectivity index (χ0v) is 13.2. The van der Waals surface area contributed by atoms with Gasteiger partial charge >= 0.3 is 0 Å². The van der Waals surface area contributed by atoms with Gasteiger partial charge in [-0.25, -0.2) is 0 Å². The van der Waals surface area contributed by atoms with Gasteiger partial charge in [0.05, 0.1) is 5.70 Å². The molecule has 0 aliphatic rings. The number of hydrogen-bond acceptors (Lipinski definition) is 2. The summed E-state index contributed by atoms with van der Waals surface area (Å²) in [5.41, 5.74) is 0.831. The first-order chi connectivity index (χ1) is 8.86. The fourth-order valence-electron chi connectivity index (χ4n) is 1.04. The smallest absolute Gasteiger partial charge is 0.244 e. The molecule has 0 aliphatic carbocycles. The van der Waals surface area contributed by atoms with E-state index in [4.69, 9.17) is 11.6 Å². The number of hydrogen-bond donors (Lipinski definition) is 1. The van der Waals surface area contributed by atoms with Gasteiger partial charge < -0.3 is 5.32 Å². The van der Waals surface area contributed by atoms with Crippen LogP contribution in [0.1, 0.15) is 41.0 Å². The predicted octanol–water partition coefficient (Wildman–Crippen LogP) is 3.75. The zero-order valence-electron chi connectivity index (χ0n) is 12.4. The molecule has 0 spiro atoms. The normalized spacial score (nSPS) is 12.1. The molecule has 0 saturated carbocycles. The molecule has 0 aliphatic heterocycles. The molecule has 1 amide bonds. The third-order valence-corrected chi connectivity index (χ3v) is 2.11. The Morgan fingerprint density at radius 1 is 1.37 bits per heavy atom. The first-order valence-electron chi connectivity index (χ1n) is 6.35. The molecule has 0 aromatic rings. The lowest BCUT2D eigenvalue weighted by Gasteiger charge is -2.17. The lowest BCUT2D eigenvalue weighted by Crippen LogP contribution is -2.37. The van der Waals surface area contributed by atoms with E-state index in [1.54, 1.807) is 26.0 Å². The highest BCUT2D eigenvalue weighted by molar-refractivity contribution is 6.34. The molecule has 0 atom stereocenters. The second-order valence-electron chi connectivity index (χ2n) is 3.93. The van der Waals surface area contributed by atoms with Crippen molar-refractivity contribution >= 4 is 23.8 Å². The van der Waals surface area contributed by atoms with Crippen molar-refractivity contribution in [2.24, 2.45) is 0 Å². The number of carbonyl (C=O) groups is 2. The van der Waals surface area contributed by atoms with Gasteiger partial charge in [0, 0.05) is 5.57 Å². The van der Waals surface area contributed by atoms with Crippen LogP contribution in [0.5, 0.6) is 0 Å². The minimum Gasteiger partial charge on any atom is -0.324 e. The number of aldehydes is 1. The van der Waals surface area contributed by atoms with Gasteiger partial charge in [0.25, 0.3) is 0 Å². The average molecular weight is 286 g/mol.